The van der Waals surface area contributed by atoms with E-state index in [-0.39, 0.29) is 17.5 Å². The molecule has 7 nitrogen and oxygen atoms in total. The molecule has 2 aromatic rings. The third-order valence-electron chi connectivity index (χ3n) is 1.84. The Labute approximate surface area is 94.5 Å². The van der Waals surface area contributed by atoms with Crippen molar-refractivity contribution in [2.75, 3.05) is 13.4 Å². The predicted octanol–water partition coefficient (Wildman–Crippen LogP) is 0.338. The normalized spacial score (nSPS) is 10.6. The Kier molecular flexibility index (Phi) is 2.65. The Morgan fingerprint density at radius 2 is 2.31 bits per heavy atom. The van der Waals surface area contributed by atoms with E-state index in [0.717, 1.165) is 0 Å². The van der Waals surface area contributed by atoms with Crippen LogP contribution in [0.1, 0.15) is 10.6 Å². The van der Waals surface area contributed by atoms with Crippen LogP contribution >= 0.6 is 11.8 Å². The average molecular weight is 240 g/mol. The van der Waals surface area contributed by atoms with Crippen molar-refractivity contribution in [3.05, 3.63) is 11.9 Å². The minimum absolute atomic E-state index is 0.0871. The highest BCUT2D eigenvalue weighted by Crippen LogP contribution is 2.19. The summed E-state index contributed by atoms with van der Waals surface area (Å²) in [7, 11) is 1.24. The lowest BCUT2D eigenvalue weighted by Crippen LogP contribution is -2.04. The van der Waals surface area contributed by atoms with Gasteiger partial charge in [-0.1, -0.05) is 0 Å². The summed E-state index contributed by atoms with van der Waals surface area (Å²) in [6.07, 6.45) is 1.81. The fraction of sp³-hybridized carbons (Fsp3) is 0.250. The number of fused-ring (bicyclic) bond motifs is 1. The Hall–Kier alpha value is -1.83. The summed E-state index contributed by atoms with van der Waals surface area (Å²) in [5, 5.41) is 13.9. The van der Waals surface area contributed by atoms with Crippen LogP contribution in [-0.2, 0) is 4.74 Å². The minimum Gasteiger partial charge on any atom is -0.493 e. The summed E-state index contributed by atoms with van der Waals surface area (Å²) in [6.45, 7) is 0. The van der Waals surface area contributed by atoms with E-state index in [9.17, 15) is 9.90 Å². The van der Waals surface area contributed by atoms with Crippen molar-refractivity contribution < 1.29 is 14.6 Å². The monoisotopic (exact) mass is 240 g/mol. The molecule has 0 unspecified atom stereocenters. The van der Waals surface area contributed by atoms with E-state index in [4.69, 9.17) is 0 Å². The van der Waals surface area contributed by atoms with Gasteiger partial charge in [0, 0.05) is 6.07 Å². The second-order valence-electron chi connectivity index (χ2n) is 2.80. The van der Waals surface area contributed by atoms with Crippen LogP contribution in [0.15, 0.2) is 11.1 Å². The van der Waals surface area contributed by atoms with Crippen molar-refractivity contribution in [3.63, 3.8) is 0 Å². The van der Waals surface area contributed by atoms with E-state index >= 15 is 0 Å². The van der Waals surface area contributed by atoms with E-state index in [2.05, 4.69) is 19.8 Å². The number of esters is 1. The van der Waals surface area contributed by atoms with Gasteiger partial charge in [0.15, 0.2) is 0 Å². The molecule has 1 N–H and O–H groups in total. The highest BCUT2D eigenvalue weighted by molar-refractivity contribution is 7.98. The molecule has 0 aromatic carbocycles. The quantitative estimate of drug-likeness (QED) is 0.460. The third-order valence-corrected chi connectivity index (χ3v) is 2.55. The molecule has 84 valence electrons. The van der Waals surface area contributed by atoms with Crippen molar-refractivity contribution in [1.82, 2.24) is 19.6 Å². The molecule has 16 heavy (non-hydrogen) atoms. The molecule has 0 saturated heterocycles. The lowest BCUT2D eigenvalue weighted by molar-refractivity contribution is 0.0587. The molecule has 0 amide bonds. The topological polar surface area (TPSA) is 89.6 Å². The molecule has 0 spiro atoms. The largest absolute Gasteiger partial charge is 0.493 e. The van der Waals surface area contributed by atoms with Crippen LogP contribution < -0.4 is 0 Å². The van der Waals surface area contributed by atoms with Gasteiger partial charge in [-0.15, -0.1) is 16.9 Å². The first kappa shape index (κ1) is 10.7. The summed E-state index contributed by atoms with van der Waals surface area (Å²) in [5.74, 6) is -0.738. The van der Waals surface area contributed by atoms with Gasteiger partial charge in [-0.3, -0.25) is 0 Å². The van der Waals surface area contributed by atoms with E-state index in [0.29, 0.717) is 5.03 Å². The molecule has 0 bridgehead atoms. The summed E-state index contributed by atoms with van der Waals surface area (Å²) >= 11 is 1.35. The summed E-state index contributed by atoms with van der Waals surface area (Å²) in [5.41, 5.74) is 0. The van der Waals surface area contributed by atoms with E-state index in [1.54, 1.807) is 0 Å². The number of carbonyl (C=O) groups is 1. The highest BCUT2D eigenvalue weighted by atomic mass is 32.2. The van der Waals surface area contributed by atoms with E-state index in [1.165, 1.54) is 29.5 Å². The van der Waals surface area contributed by atoms with Gasteiger partial charge < -0.3 is 9.84 Å². The van der Waals surface area contributed by atoms with Crippen molar-refractivity contribution in [3.8, 4) is 5.88 Å². The second-order valence-corrected chi connectivity index (χ2v) is 3.62. The number of aromatic nitrogens is 4. The average Bonchev–Trinajstić information content (AvgIpc) is 2.70. The zero-order valence-corrected chi connectivity index (χ0v) is 9.35. The number of nitrogens with zero attached hydrogens (tertiary/aromatic N) is 4. The number of thioether (sulfide) groups is 1. The maximum absolute atomic E-state index is 11.2. The molecular formula is C8H8N4O3S. The Morgan fingerprint density at radius 1 is 1.56 bits per heavy atom. The van der Waals surface area contributed by atoms with Gasteiger partial charge in [-0.05, 0) is 6.26 Å². The van der Waals surface area contributed by atoms with Gasteiger partial charge in [-0.2, -0.15) is 14.5 Å². The highest BCUT2D eigenvalue weighted by Gasteiger charge is 2.16. The molecule has 0 aliphatic carbocycles. The van der Waals surface area contributed by atoms with Crippen LogP contribution in [0.4, 0.5) is 0 Å². The summed E-state index contributed by atoms with van der Waals surface area (Å²) < 4.78 is 5.87. The lowest BCUT2D eigenvalue weighted by atomic mass is 10.6. The minimum atomic E-state index is -0.642. The lowest BCUT2D eigenvalue weighted by Gasteiger charge is -1.99. The number of aromatic hydroxyl groups is 1. The van der Waals surface area contributed by atoms with Crippen molar-refractivity contribution in [2.45, 2.75) is 5.03 Å². The maximum atomic E-state index is 11.2. The van der Waals surface area contributed by atoms with Crippen molar-refractivity contribution >= 4 is 23.5 Å². The Balaban J connectivity index is 2.64. The molecule has 0 atom stereocenters. The first-order valence-corrected chi connectivity index (χ1v) is 5.47. The molecule has 2 aromatic heterocycles. The van der Waals surface area contributed by atoms with Crippen LogP contribution in [0.2, 0.25) is 0 Å². The smallest absolute Gasteiger partial charge is 0.378 e. The van der Waals surface area contributed by atoms with Gasteiger partial charge >= 0.3 is 5.97 Å². The second kappa shape index (κ2) is 3.97. The zero-order valence-electron chi connectivity index (χ0n) is 8.54. The predicted molar refractivity (Wildman–Crippen MR) is 55.6 cm³/mol. The first-order valence-electron chi connectivity index (χ1n) is 4.25. The maximum Gasteiger partial charge on any atom is 0.378 e. The van der Waals surface area contributed by atoms with Crippen LogP contribution in [-0.4, -0.2) is 44.0 Å². The molecule has 2 heterocycles. The first-order chi connectivity index (χ1) is 7.65. The molecular weight excluding hydrogens is 232 g/mol. The Morgan fingerprint density at radius 3 is 2.94 bits per heavy atom. The molecule has 0 radical (unpaired) electrons. The van der Waals surface area contributed by atoms with E-state index in [1.807, 2.05) is 6.26 Å². The molecule has 0 aliphatic heterocycles. The van der Waals surface area contributed by atoms with Gasteiger partial charge in [-0.25, -0.2) is 4.79 Å². The number of carbonyl (C=O) groups excluding carboxylic acids is 1. The van der Waals surface area contributed by atoms with Gasteiger partial charge in [0.2, 0.25) is 5.88 Å². The molecule has 0 fully saturated rings. The number of ether oxygens (including phenoxy) is 1. The number of rotatable bonds is 2. The van der Waals surface area contributed by atoms with Crippen LogP contribution in [0, 0.1) is 0 Å². The van der Waals surface area contributed by atoms with Crippen LogP contribution in [0.25, 0.3) is 5.78 Å². The van der Waals surface area contributed by atoms with E-state index < -0.39 is 5.97 Å². The number of hydrogen-bond acceptors (Lipinski definition) is 7. The summed E-state index contributed by atoms with van der Waals surface area (Å²) in [4.78, 5) is 18.8. The van der Waals surface area contributed by atoms with Gasteiger partial charge in [0.1, 0.15) is 5.03 Å². The fourth-order valence-corrected chi connectivity index (χ4v) is 1.67. The van der Waals surface area contributed by atoms with Gasteiger partial charge in [0.25, 0.3) is 11.6 Å². The zero-order chi connectivity index (χ0) is 11.7. The van der Waals surface area contributed by atoms with Crippen molar-refractivity contribution in [2.24, 2.45) is 0 Å². The summed E-state index contributed by atoms with van der Waals surface area (Å²) in [6, 6.07) is 1.44. The molecule has 0 aliphatic rings. The molecule has 8 heteroatoms. The van der Waals surface area contributed by atoms with Crippen LogP contribution in [0.5, 0.6) is 5.88 Å². The number of methoxy groups -OCH3 is 1. The molecule has 2 rings (SSSR count). The number of hydrogen-bond donors (Lipinski definition) is 1. The SMILES string of the molecule is COC(=O)c1nc2nc(O)cc(SC)n2n1. The Bertz CT molecular complexity index is 553. The van der Waals surface area contributed by atoms with Crippen molar-refractivity contribution in [1.29, 1.82) is 0 Å². The standard InChI is InChI=1S/C8H8N4O3S/c1-15-7(14)6-10-8-9-4(13)3-5(16-2)12(8)11-6/h3H,1-2H3,(H,9,10,11,13). The van der Waals surface area contributed by atoms with Gasteiger partial charge in [0.05, 0.1) is 7.11 Å². The third kappa shape index (κ3) is 1.67. The molecule has 0 saturated carbocycles. The fourth-order valence-electron chi connectivity index (χ4n) is 1.15. The van der Waals surface area contributed by atoms with Crippen LogP contribution in [0.3, 0.4) is 0 Å².